The first-order valence-corrected chi connectivity index (χ1v) is 6.28. The van der Waals surface area contributed by atoms with E-state index in [1.807, 2.05) is 13.8 Å². The van der Waals surface area contributed by atoms with Gasteiger partial charge in [0.1, 0.15) is 0 Å². The van der Waals surface area contributed by atoms with E-state index in [2.05, 4.69) is 5.32 Å². The summed E-state index contributed by atoms with van der Waals surface area (Å²) in [6, 6.07) is 5.46. The van der Waals surface area contributed by atoms with Crippen molar-refractivity contribution in [2.75, 3.05) is 5.32 Å². The van der Waals surface area contributed by atoms with Gasteiger partial charge in [0.15, 0.2) is 5.75 Å². The number of nitro groups is 1. The quantitative estimate of drug-likeness (QED) is 0.643. The summed E-state index contributed by atoms with van der Waals surface area (Å²) >= 11 is 0. The predicted octanol–water partition coefficient (Wildman–Crippen LogP) is 3.35. The first-order chi connectivity index (χ1) is 8.56. The molecule has 1 aliphatic carbocycles. The molecule has 0 unspecified atom stereocenters. The van der Waals surface area contributed by atoms with Gasteiger partial charge in [0.2, 0.25) is 0 Å². The molecule has 0 saturated heterocycles. The maximum absolute atomic E-state index is 10.9. The van der Waals surface area contributed by atoms with E-state index >= 15 is 0 Å². The molecule has 0 radical (unpaired) electrons. The molecule has 1 aromatic rings. The summed E-state index contributed by atoms with van der Waals surface area (Å²) in [6.07, 6.45) is 3.50. The van der Waals surface area contributed by atoms with Gasteiger partial charge in [-0.1, -0.05) is 0 Å². The zero-order valence-electron chi connectivity index (χ0n) is 10.7. The van der Waals surface area contributed by atoms with Gasteiger partial charge in [-0.2, -0.15) is 0 Å². The van der Waals surface area contributed by atoms with E-state index in [1.54, 1.807) is 12.1 Å². The average molecular weight is 250 g/mol. The number of nitro benzene ring substituents is 1. The van der Waals surface area contributed by atoms with Crippen molar-refractivity contribution in [1.29, 1.82) is 0 Å². The van der Waals surface area contributed by atoms with Crippen LogP contribution in [0.3, 0.4) is 0 Å². The fourth-order valence-electron chi connectivity index (χ4n) is 1.89. The second-order valence-corrected chi connectivity index (χ2v) is 4.88. The van der Waals surface area contributed by atoms with Crippen LogP contribution in [0, 0.1) is 10.1 Å². The first kappa shape index (κ1) is 12.7. The summed E-state index contributed by atoms with van der Waals surface area (Å²) in [6.45, 7) is 3.71. The van der Waals surface area contributed by atoms with Crippen LogP contribution in [0.2, 0.25) is 0 Å². The molecule has 98 valence electrons. The van der Waals surface area contributed by atoms with Gasteiger partial charge >= 0.3 is 5.69 Å². The minimum absolute atomic E-state index is 0.0165. The van der Waals surface area contributed by atoms with Crippen LogP contribution in [0.1, 0.15) is 33.1 Å². The van der Waals surface area contributed by atoms with E-state index in [4.69, 9.17) is 4.74 Å². The van der Waals surface area contributed by atoms with Gasteiger partial charge in [0, 0.05) is 23.9 Å². The molecule has 5 heteroatoms. The number of hydrogen-bond donors (Lipinski definition) is 1. The molecule has 1 aliphatic rings. The summed E-state index contributed by atoms with van der Waals surface area (Å²) in [4.78, 5) is 10.5. The molecule has 0 aliphatic heterocycles. The molecule has 0 heterocycles. The fourth-order valence-corrected chi connectivity index (χ4v) is 1.89. The van der Waals surface area contributed by atoms with Gasteiger partial charge in [-0.3, -0.25) is 10.1 Å². The number of anilines is 1. The van der Waals surface area contributed by atoms with Crippen LogP contribution in [0.25, 0.3) is 0 Å². The number of rotatable bonds is 5. The van der Waals surface area contributed by atoms with E-state index in [-0.39, 0.29) is 11.8 Å². The van der Waals surface area contributed by atoms with Gasteiger partial charge in [0.05, 0.1) is 11.0 Å². The Bertz CT molecular complexity index is 442. The SMILES string of the molecule is CC(C)Oc1cc(NC2CCC2)ccc1[N+](=O)[O-]. The highest BCUT2D eigenvalue weighted by Crippen LogP contribution is 2.32. The van der Waals surface area contributed by atoms with Crippen LogP contribution in [0.5, 0.6) is 5.75 Å². The van der Waals surface area contributed by atoms with E-state index in [0.717, 1.165) is 18.5 Å². The Morgan fingerprint density at radius 3 is 2.67 bits per heavy atom. The lowest BCUT2D eigenvalue weighted by Gasteiger charge is -2.27. The monoisotopic (exact) mass is 250 g/mol. The molecular weight excluding hydrogens is 232 g/mol. The molecule has 0 bridgehead atoms. The maximum Gasteiger partial charge on any atom is 0.311 e. The van der Waals surface area contributed by atoms with E-state index in [0.29, 0.717) is 11.8 Å². The molecular formula is C13H18N2O3. The molecule has 2 rings (SSSR count). The van der Waals surface area contributed by atoms with Crippen LogP contribution in [-0.2, 0) is 0 Å². The van der Waals surface area contributed by atoms with Crippen molar-refractivity contribution in [2.45, 2.75) is 45.3 Å². The first-order valence-electron chi connectivity index (χ1n) is 6.28. The second-order valence-electron chi connectivity index (χ2n) is 4.88. The van der Waals surface area contributed by atoms with Gasteiger partial charge in [-0.05, 0) is 39.2 Å². The molecule has 1 aromatic carbocycles. The molecule has 0 amide bonds. The lowest BCUT2D eigenvalue weighted by atomic mass is 9.93. The highest BCUT2D eigenvalue weighted by molar-refractivity contribution is 5.58. The number of hydrogen-bond acceptors (Lipinski definition) is 4. The smallest absolute Gasteiger partial charge is 0.311 e. The molecule has 0 aromatic heterocycles. The van der Waals surface area contributed by atoms with Crippen molar-refractivity contribution in [2.24, 2.45) is 0 Å². The lowest BCUT2D eigenvalue weighted by Crippen LogP contribution is -2.26. The summed E-state index contributed by atoms with van der Waals surface area (Å²) < 4.78 is 5.50. The zero-order valence-corrected chi connectivity index (χ0v) is 10.7. The molecule has 5 nitrogen and oxygen atoms in total. The Balaban J connectivity index is 2.19. The number of nitrogens with one attached hydrogen (secondary N) is 1. The third-order valence-corrected chi connectivity index (χ3v) is 3.00. The van der Waals surface area contributed by atoms with Crippen LogP contribution < -0.4 is 10.1 Å². The summed E-state index contributed by atoms with van der Waals surface area (Å²) in [5, 5.41) is 14.3. The third-order valence-electron chi connectivity index (χ3n) is 3.00. The Hall–Kier alpha value is -1.78. The highest BCUT2D eigenvalue weighted by atomic mass is 16.6. The summed E-state index contributed by atoms with van der Waals surface area (Å²) in [5.74, 6) is 0.333. The van der Waals surface area contributed by atoms with Crippen molar-refractivity contribution in [3.63, 3.8) is 0 Å². The van der Waals surface area contributed by atoms with Gasteiger partial charge in [-0.25, -0.2) is 0 Å². The maximum atomic E-state index is 10.9. The largest absolute Gasteiger partial charge is 0.484 e. The van der Waals surface area contributed by atoms with Gasteiger partial charge < -0.3 is 10.1 Å². The fraction of sp³-hybridized carbons (Fsp3) is 0.538. The van der Waals surface area contributed by atoms with Crippen molar-refractivity contribution in [1.82, 2.24) is 0 Å². The lowest BCUT2D eigenvalue weighted by molar-refractivity contribution is -0.386. The molecule has 18 heavy (non-hydrogen) atoms. The van der Waals surface area contributed by atoms with E-state index in [9.17, 15) is 10.1 Å². The predicted molar refractivity (Wildman–Crippen MR) is 70.1 cm³/mol. The number of ether oxygens (including phenoxy) is 1. The van der Waals surface area contributed by atoms with E-state index < -0.39 is 4.92 Å². The van der Waals surface area contributed by atoms with Crippen molar-refractivity contribution >= 4 is 11.4 Å². The topological polar surface area (TPSA) is 64.4 Å². The average Bonchev–Trinajstić information content (AvgIpc) is 2.22. The van der Waals surface area contributed by atoms with Crippen molar-refractivity contribution < 1.29 is 9.66 Å². The Morgan fingerprint density at radius 2 is 2.17 bits per heavy atom. The molecule has 0 atom stereocenters. The molecule has 1 N–H and O–H groups in total. The Kier molecular flexibility index (Phi) is 3.69. The van der Waals surface area contributed by atoms with Crippen LogP contribution in [0.15, 0.2) is 18.2 Å². The second kappa shape index (κ2) is 5.25. The Labute approximate surface area is 106 Å². The van der Waals surface area contributed by atoms with Gasteiger partial charge in [0.25, 0.3) is 0 Å². The normalized spacial score (nSPS) is 15.3. The Morgan fingerprint density at radius 1 is 1.44 bits per heavy atom. The van der Waals surface area contributed by atoms with E-state index in [1.165, 1.54) is 12.5 Å². The summed E-state index contributed by atoms with van der Waals surface area (Å²) in [7, 11) is 0. The van der Waals surface area contributed by atoms with Crippen molar-refractivity contribution in [3.8, 4) is 5.75 Å². The zero-order chi connectivity index (χ0) is 13.1. The third kappa shape index (κ3) is 2.91. The minimum Gasteiger partial charge on any atom is -0.484 e. The highest BCUT2D eigenvalue weighted by Gasteiger charge is 2.20. The van der Waals surface area contributed by atoms with Gasteiger partial charge in [-0.15, -0.1) is 0 Å². The minimum atomic E-state index is -0.412. The molecule has 0 spiro atoms. The number of nitrogens with zero attached hydrogens (tertiary/aromatic N) is 1. The summed E-state index contributed by atoms with van der Waals surface area (Å²) in [5.41, 5.74) is 0.906. The molecule has 1 fully saturated rings. The van der Waals surface area contributed by atoms with Crippen molar-refractivity contribution in [3.05, 3.63) is 28.3 Å². The standard InChI is InChI=1S/C13H18N2O3/c1-9(2)18-13-8-11(14-10-4-3-5-10)6-7-12(13)15(16)17/h6-10,14H,3-5H2,1-2H3. The van der Waals surface area contributed by atoms with Crippen LogP contribution in [-0.4, -0.2) is 17.1 Å². The van der Waals surface area contributed by atoms with Crippen LogP contribution >= 0.6 is 0 Å². The number of benzene rings is 1. The molecule has 1 saturated carbocycles. The van der Waals surface area contributed by atoms with Crippen LogP contribution in [0.4, 0.5) is 11.4 Å².